The topological polar surface area (TPSA) is 22.1 Å². The zero-order chi connectivity index (χ0) is 10.1. The first-order valence-corrected chi connectivity index (χ1v) is 5.10. The maximum absolute atomic E-state index is 5.26. The highest BCUT2D eigenvalue weighted by molar-refractivity contribution is 9.10. The van der Waals surface area contributed by atoms with Crippen molar-refractivity contribution in [2.75, 3.05) is 7.11 Å². The quantitative estimate of drug-likeness (QED) is 0.776. The fourth-order valence-electron chi connectivity index (χ4n) is 1.42. The van der Waals surface area contributed by atoms with Crippen LogP contribution in [0.2, 0.25) is 0 Å². The maximum Gasteiger partial charge on any atom is 0.129 e. The van der Waals surface area contributed by atoms with Crippen LogP contribution in [0.4, 0.5) is 0 Å². The Bertz CT molecular complexity index is 482. The number of halogens is 1. The number of fused-ring (bicyclic) bond motifs is 1. The van der Waals surface area contributed by atoms with Crippen LogP contribution in [0.3, 0.4) is 0 Å². The molecule has 0 radical (unpaired) electrons. The van der Waals surface area contributed by atoms with Crippen molar-refractivity contribution in [1.82, 2.24) is 4.98 Å². The summed E-state index contributed by atoms with van der Waals surface area (Å²) in [6.07, 6.45) is 1.76. The molecule has 0 saturated carbocycles. The molecule has 0 fully saturated rings. The van der Waals surface area contributed by atoms with Crippen LogP contribution in [0.5, 0.6) is 5.75 Å². The van der Waals surface area contributed by atoms with Gasteiger partial charge in [0.1, 0.15) is 5.75 Å². The van der Waals surface area contributed by atoms with E-state index in [4.69, 9.17) is 4.74 Å². The van der Waals surface area contributed by atoms with E-state index in [1.165, 1.54) is 5.56 Å². The summed E-state index contributed by atoms with van der Waals surface area (Å²) in [5, 5.41) is 1.03. The van der Waals surface area contributed by atoms with E-state index in [0.717, 1.165) is 21.1 Å². The molecule has 0 amide bonds. The Hall–Kier alpha value is -1.09. The van der Waals surface area contributed by atoms with Gasteiger partial charge in [0.05, 0.1) is 12.6 Å². The lowest BCUT2D eigenvalue weighted by Crippen LogP contribution is -1.88. The first-order valence-electron chi connectivity index (χ1n) is 4.31. The molecule has 1 heterocycles. The molecule has 0 saturated heterocycles. The van der Waals surface area contributed by atoms with E-state index < -0.39 is 0 Å². The van der Waals surface area contributed by atoms with Crippen LogP contribution in [0.25, 0.3) is 10.9 Å². The number of methoxy groups -OCH3 is 1. The highest BCUT2D eigenvalue weighted by atomic mass is 79.9. The molecule has 0 aliphatic rings. The fourth-order valence-corrected chi connectivity index (χ4v) is 1.77. The third kappa shape index (κ3) is 1.48. The SMILES string of the molecule is COc1ccnc2cc(C)c(Br)cc12. The van der Waals surface area contributed by atoms with Crippen molar-refractivity contribution in [1.29, 1.82) is 0 Å². The first kappa shape index (κ1) is 9.46. The highest BCUT2D eigenvalue weighted by Gasteiger charge is 2.04. The summed E-state index contributed by atoms with van der Waals surface area (Å²) in [6.45, 7) is 2.05. The van der Waals surface area contributed by atoms with Gasteiger partial charge in [-0.15, -0.1) is 0 Å². The van der Waals surface area contributed by atoms with Gasteiger partial charge in [0, 0.05) is 16.1 Å². The van der Waals surface area contributed by atoms with Crippen LogP contribution in [-0.4, -0.2) is 12.1 Å². The molecule has 0 aliphatic carbocycles. The van der Waals surface area contributed by atoms with Crippen molar-refractivity contribution < 1.29 is 4.74 Å². The lowest BCUT2D eigenvalue weighted by atomic mass is 10.1. The molecule has 14 heavy (non-hydrogen) atoms. The number of pyridine rings is 1. The number of ether oxygens (including phenoxy) is 1. The molecule has 1 aromatic carbocycles. The fraction of sp³-hybridized carbons (Fsp3) is 0.182. The summed E-state index contributed by atoms with van der Waals surface area (Å²) >= 11 is 3.50. The van der Waals surface area contributed by atoms with Gasteiger partial charge < -0.3 is 4.74 Å². The molecule has 0 unspecified atom stereocenters. The van der Waals surface area contributed by atoms with Crippen molar-refractivity contribution in [3.05, 3.63) is 34.4 Å². The monoisotopic (exact) mass is 251 g/mol. The Morgan fingerprint density at radius 3 is 2.86 bits per heavy atom. The van der Waals surface area contributed by atoms with Gasteiger partial charge in [-0.1, -0.05) is 15.9 Å². The standard InChI is InChI=1S/C11H10BrNO/c1-7-5-10-8(6-9(7)12)11(14-2)3-4-13-10/h3-6H,1-2H3. The van der Waals surface area contributed by atoms with Crippen molar-refractivity contribution in [3.63, 3.8) is 0 Å². The van der Waals surface area contributed by atoms with Crippen molar-refractivity contribution in [2.45, 2.75) is 6.92 Å². The van der Waals surface area contributed by atoms with Crippen LogP contribution in [-0.2, 0) is 0 Å². The number of aromatic nitrogens is 1. The van der Waals surface area contributed by atoms with Crippen LogP contribution >= 0.6 is 15.9 Å². The van der Waals surface area contributed by atoms with Gasteiger partial charge in [-0.25, -0.2) is 0 Å². The molecule has 0 N–H and O–H groups in total. The molecule has 1 aromatic heterocycles. The maximum atomic E-state index is 5.26. The first-order chi connectivity index (χ1) is 6.72. The second-order valence-corrected chi connectivity index (χ2v) is 3.99. The molecular weight excluding hydrogens is 242 g/mol. The van der Waals surface area contributed by atoms with Gasteiger partial charge in [0.15, 0.2) is 0 Å². The molecule has 0 bridgehead atoms. The molecule has 2 nitrogen and oxygen atoms in total. The summed E-state index contributed by atoms with van der Waals surface area (Å²) in [6, 6.07) is 5.95. The van der Waals surface area contributed by atoms with Crippen molar-refractivity contribution in [2.24, 2.45) is 0 Å². The summed E-state index contributed by atoms with van der Waals surface area (Å²) in [5.74, 6) is 0.857. The van der Waals surface area contributed by atoms with E-state index in [9.17, 15) is 0 Å². The zero-order valence-corrected chi connectivity index (χ0v) is 9.63. The smallest absolute Gasteiger partial charge is 0.129 e. The predicted molar refractivity (Wildman–Crippen MR) is 60.7 cm³/mol. The second-order valence-electron chi connectivity index (χ2n) is 3.13. The van der Waals surface area contributed by atoms with E-state index in [1.54, 1.807) is 13.3 Å². The lowest BCUT2D eigenvalue weighted by molar-refractivity contribution is 0.419. The van der Waals surface area contributed by atoms with Gasteiger partial charge in [-0.3, -0.25) is 4.98 Å². The van der Waals surface area contributed by atoms with E-state index >= 15 is 0 Å². The average Bonchev–Trinajstić information content (AvgIpc) is 2.19. The van der Waals surface area contributed by atoms with Gasteiger partial charge in [0.25, 0.3) is 0 Å². The normalized spacial score (nSPS) is 10.5. The Labute approximate surface area is 91.0 Å². The summed E-state index contributed by atoms with van der Waals surface area (Å²) in [5.41, 5.74) is 2.14. The van der Waals surface area contributed by atoms with Crippen molar-refractivity contribution in [3.8, 4) is 5.75 Å². The zero-order valence-electron chi connectivity index (χ0n) is 8.04. The van der Waals surface area contributed by atoms with Gasteiger partial charge in [-0.05, 0) is 30.7 Å². The molecule has 2 rings (SSSR count). The minimum absolute atomic E-state index is 0.857. The summed E-state index contributed by atoms with van der Waals surface area (Å²) in [7, 11) is 1.67. The van der Waals surface area contributed by atoms with Gasteiger partial charge >= 0.3 is 0 Å². The van der Waals surface area contributed by atoms with Gasteiger partial charge in [0.2, 0.25) is 0 Å². The molecule has 3 heteroatoms. The minimum atomic E-state index is 0.857. The number of rotatable bonds is 1. The Morgan fingerprint density at radius 1 is 1.36 bits per heavy atom. The summed E-state index contributed by atoms with van der Waals surface area (Å²) < 4.78 is 6.34. The van der Waals surface area contributed by atoms with E-state index in [-0.39, 0.29) is 0 Å². The van der Waals surface area contributed by atoms with E-state index in [0.29, 0.717) is 0 Å². The van der Waals surface area contributed by atoms with E-state index in [2.05, 4.69) is 20.9 Å². The Kier molecular flexibility index (Phi) is 2.42. The Balaban J connectivity index is 2.81. The largest absolute Gasteiger partial charge is 0.496 e. The number of aryl methyl sites for hydroxylation is 1. The highest BCUT2D eigenvalue weighted by Crippen LogP contribution is 2.28. The third-order valence-corrected chi connectivity index (χ3v) is 3.06. The van der Waals surface area contributed by atoms with Crippen molar-refractivity contribution >= 4 is 26.8 Å². The predicted octanol–water partition coefficient (Wildman–Crippen LogP) is 3.31. The number of hydrogen-bond acceptors (Lipinski definition) is 2. The molecular formula is C11H10BrNO. The number of benzene rings is 1. The molecule has 0 spiro atoms. The molecule has 2 aromatic rings. The van der Waals surface area contributed by atoms with Crippen LogP contribution in [0, 0.1) is 6.92 Å². The minimum Gasteiger partial charge on any atom is -0.496 e. The average molecular weight is 252 g/mol. The van der Waals surface area contributed by atoms with E-state index in [1.807, 2.05) is 25.1 Å². The molecule has 0 atom stereocenters. The molecule has 72 valence electrons. The second kappa shape index (κ2) is 3.58. The Morgan fingerprint density at radius 2 is 2.14 bits per heavy atom. The lowest BCUT2D eigenvalue weighted by Gasteiger charge is -2.06. The third-order valence-electron chi connectivity index (χ3n) is 2.20. The van der Waals surface area contributed by atoms with Crippen LogP contribution < -0.4 is 4.74 Å². The number of nitrogens with zero attached hydrogens (tertiary/aromatic N) is 1. The molecule has 0 aliphatic heterocycles. The van der Waals surface area contributed by atoms with Crippen LogP contribution in [0.15, 0.2) is 28.9 Å². The van der Waals surface area contributed by atoms with Crippen LogP contribution in [0.1, 0.15) is 5.56 Å². The summed E-state index contributed by atoms with van der Waals surface area (Å²) in [4.78, 5) is 4.29. The number of hydrogen-bond donors (Lipinski definition) is 0. The van der Waals surface area contributed by atoms with Gasteiger partial charge in [-0.2, -0.15) is 0 Å².